The molecule has 2 fully saturated rings. The van der Waals surface area contributed by atoms with Gasteiger partial charge in [-0.05, 0) is 111 Å². The highest BCUT2D eigenvalue weighted by Gasteiger charge is 2.28. The predicted molar refractivity (Wildman–Crippen MR) is 213 cm³/mol. The number of likely N-dealkylation sites (tertiary alicyclic amines) is 1. The van der Waals surface area contributed by atoms with Crippen molar-refractivity contribution >= 4 is 40.1 Å². The average Bonchev–Trinajstić information content (AvgIpc) is 3.60. The fourth-order valence-electron chi connectivity index (χ4n) is 8.11. The first-order chi connectivity index (χ1) is 26.7. The van der Waals surface area contributed by atoms with Crippen molar-refractivity contribution in [2.75, 3.05) is 48.8 Å². The minimum Gasteiger partial charge on any atom is -0.494 e. The van der Waals surface area contributed by atoms with Crippen LogP contribution in [0.15, 0.2) is 90.8 Å². The average molecular weight is 745 g/mol. The summed E-state index contributed by atoms with van der Waals surface area (Å²) in [5.41, 5.74) is 5.19. The van der Waals surface area contributed by atoms with Crippen molar-refractivity contribution in [3.05, 3.63) is 108 Å². The van der Waals surface area contributed by atoms with Gasteiger partial charge in [0.15, 0.2) is 0 Å². The SMILES string of the molecule is COc1cc(N2CCC(N3CCC(C)CC3)CC2)ccc1Nc1nccc(-c2c(C3=CC(C(=O)Nc4c(F)cccc4F)=C[C@H](C)C3)nc3ccccn23)n1. The second-order valence-electron chi connectivity index (χ2n) is 15.0. The first kappa shape index (κ1) is 36.4. The number of nitrogens with zero attached hydrogens (tertiary/aromatic N) is 6. The molecule has 12 heteroatoms. The Morgan fingerprint density at radius 1 is 0.909 bits per heavy atom. The van der Waals surface area contributed by atoms with Crippen LogP contribution in [0.4, 0.5) is 31.8 Å². The molecule has 3 aromatic heterocycles. The molecule has 0 unspecified atom stereocenters. The molecule has 1 atom stereocenters. The van der Waals surface area contributed by atoms with Gasteiger partial charge in [0.05, 0.1) is 29.9 Å². The molecule has 1 aliphatic carbocycles. The number of amides is 1. The summed E-state index contributed by atoms with van der Waals surface area (Å²) in [7, 11) is 1.67. The Morgan fingerprint density at radius 2 is 1.69 bits per heavy atom. The van der Waals surface area contributed by atoms with Crippen LogP contribution in [0.25, 0.3) is 22.6 Å². The lowest BCUT2D eigenvalue weighted by molar-refractivity contribution is -0.112. The normalized spacial score (nSPS) is 18.6. The minimum absolute atomic E-state index is 0.0492. The summed E-state index contributed by atoms with van der Waals surface area (Å²) in [4.78, 5) is 33.0. The molecule has 3 aliphatic rings. The number of carbonyl (C=O) groups excluding carboxylic acids is 1. The molecule has 8 rings (SSSR count). The number of allylic oxidation sites excluding steroid dienone is 2. The van der Waals surface area contributed by atoms with Gasteiger partial charge in [-0.1, -0.05) is 32.1 Å². The molecule has 2 N–H and O–H groups in total. The molecule has 0 saturated carbocycles. The number of fused-ring (bicyclic) bond motifs is 1. The van der Waals surface area contributed by atoms with Gasteiger partial charge in [-0.25, -0.2) is 23.7 Å². The molecule has 2 aliphatic heterocycles. The molecule has 10 nitrogen and oxygen atoms in total. The van der Waals surface area contributed by atoms with Gasteiger partial charge in [-0.2, -0.15) is 0 Å². The van der Waals surface area contributed by atoms with Gasteiger partial charge in [0.2, 0.25) is 5.95 Å². The third kappa shape index (κ3) is 7.68. The van der Waals surface area contributed by atoms with E-state index in [2.05, 4.69) is 44.5 Å². The zero-order valence-electron chi connectivity index (χ0n) is 31.4. The second-order valence-corrected chi connectivity index (χ2v) is 15.0. The van der Waals surface area contributed by atoms with Crippen molar-refractivity contribution in [3.63, 3.8) is 0 Å². The number of piperidine rings is 2. The number of imidazole rings is 1. The Hall–Kier alpha value is -5.62. The van der Waals surface area contributed by atoms with Crippen LogP contribution in [0.2, 0.25) is 0 Å². The van der Waals surface area contributed by atoms with Crippen LogP contribution in [0.3, 0.4) is 0 Å². The number of ether oxygens (including phenoxy) is 1. The van der Waals surface area contributed by atoms with Crippen LogP contribution in [0, 0.1) is 23.5 Å². The van der Waals surface area contributed by atoms with E-state index < -0.39 is 23.2 Å². The van der Waals surface area contributed by atoms with Gasteiger partial charge in [-0.3, -0.25) is 9.20 Å². The van der Waals surface area contributed by atoms with Crippen LogP contribution >= 0.6 is 0 Å². The number of nitrogens with one attached hydrogen (secondary N) is 2. The van der Waals surface area contributed by atoms with Crippen LogP contribution in [0.1, 0.15) is 51.6 Å². The van der Waals surface area contributed by atoms with Gasteiger partial charge in [-0.15, -0.1) is 0 Å². The summed E-state index contributed by atoms with van der Waals surface area (Å²) in [5, 5.41) is 5.80. The number of methoxy groups -OCH3 is 1. The molecule has 0 spiro atoms. The molecular weight excluding hydrogens is 699 g/mol. The summed E-state index contributed by atoms with van der Waals surface area (Å²) in [5.74, 6) is -0.421. The zero-order chi connectivity index (χ0) is 38.1. The molecule has 5 heterocycles. The summed E-state index contributed by atoms with van der Waals surface area (Å²) < 4.78 is 36.6. The smallest absolute Gasteiger partial charge is 0.255 e. The third-order valence-electron chi connectivity index (χ3n) is 11.1. The molecule has 0 bridgehead atoms. The van der Waals surface area contributed by atoms with Crippen molar-refractivity contribution in [2.24, 2.45) is 11.8 Å². The van der Waals surface area contributed by atoms with Crippen molar-refractivity contribution in [3.8, 4) is 17.1 Å². The first-order valence-electron chi connectivity index (χ1n) is 19.2. The fourth-order valence-corrected chi connectivity index (χ4v) is 8.11. The Labute approximate surface area is 320 Å². The summed E-state index contributed by atoms with van der Waals surface area (Å²) in [6, 6.07) is 17.9. The lowest BCUT2D eigenvalue weighted by Crippen LogP contribution is -2.47. The maximum Gasteiger partial charge on any atom is 0.255 e. The largest absolute Gasteiger partial charge is 0.494 e. The van der Waals surface area contributed by atoms with Crippen molar-refractivity contribution in [1.82, 2.24) is 24.3 Å². The first-order valence-corrected chi connectivity index (χ1v) is 19.2. The van der Waals surface area contributed by atoms with Gasteiger partial charge in [0.25, 0.3) is 5.91 Å². The van der Waals surface area contributed by atoms with Crippen molar-refractivity contribution < 1.29 is 18.3 Å². The Bertz CT molecular complexity index is 2250. The highest BCUT2D eigenvalue weighted by atomic mass is 19.1. The number of hydrogen-bond donors (Lipinski definition) is 2. The third-order valence-corrected chi connectivity index (χ3v) is 11.1. The minimum atomic E-state index is -0.843. The Morgan fingerprint density at radius 3 is 2.45 bits per heavy atom. The van der Waals surface area contributed by atoms with E-state index >= 15 is 0 Å². The highest BCUT2D eigenvalue weighted by molar-refractivity contribution is 6.07. The van der Waals surface area contributed by atoms with E-state index in [1.54, 1.807) is 25.5 Å². The quantitative estimate of drug-likeness (QED) is 0.155. The number of pyridine rings is 1. The van der Waals surface area contributed by atoms with E-state index in [0.717, 1.165) is 66.6 Å². The monoisotopic (exact) mass is 744 g/mol. The standard InChI is InChI=1S/C43H46F2N8O2/c1-27-13-19-51(20-14-27)31-15-21-52(22-16-31)32-10-11-35(37(26-32)55-3)47-43-46-17-12-36(48-43)41-39(49-38-9-4-5-18-53(38)41)29-23-28(2)24-30(25-29)42(54)50-40-33(44)7-6-8-34(40)45/h4-12,17-18,24-28,31H,13-16,19-23H2,1-3H3,(H,50,54)(H,46,47,48)/t28-/m1/s1. The van der Waals surface area contributed by atoms with Crippen LogP contribution in [-0.4, -0.2) is 69.5 Å². The van der Waals surface area contributed by atoms with Crippen LogP contribution < -0.4 is 20.3 Å². The Kier molecular flexibility index (Phi) is 10.3. The molecule has 0 radical (unpaired) electrons. The number of rotatable bonds is 9. The van der Waals surface area contributed by atoms with E-state index in [1.807, 2.05) is 47.9 Å². The number of carbonyl (C=O) groups is 1. The van der Waals surface area contributed by atoms with E-state index in [1.165, 1.54) is 32.0 Å². The van der Waals surface area contributed by atoms with Crippen LogP contribution in [-0.2, 0) is 4.79 Å². The van der Waals surface area contributed by atoms with E-state index in [-0.39, 0.29) is 5.92 Å². The molecule has 284 valence electrons. The summed E-state index contributed by atoms with van der Waals surface area (Å²) in [6.45, 7) is 8.82. The van der Waals surface area contributed by atoms with Crippen molar-refractivity contribution in [1.29, 1.82) is 0 Å². The summed E-state index contributed by atoms with van der Waals surface area (Å²) in [6.07, 6.45) is 12.7. The number of hydrogen-bond acceptors (Lipinski definition) is 8. The lowest BCUT2D eigenvalue weighted by Gasteiger charge is -2.42. The number of benzene rings is 2. The van der Waals surface area contributed by atoms with Crippen LogP contribution in [0.5, 0.6) is 5.75 Å². The van der Waals surface area contributed by atoms with Gasteiger partial charge >= 0.3 is 0 Å². The number of anilines is 4. The fraction of sp³-hybridized carbons (Fsp3) is 0.349. The topological polar surface area (TPSA) is 99.9 Å². The maximum atomic E-state index is 14.4. The number of aromatic nitrogens is 4. The van der Waals surface area contributed by atoms with Gasteiger partial charge < -0.3 is 25.2 Å². The zero-order valence-corrected chi connectivity index (χ0v) is 31.4. The number of para-hydroxylation sites is 1. The highest BCUT2D eigenvalue weighted by Crippen LogP contribution is 2.38. The van der Waals surface area contributed by atoms with E-state index in [4.69, 9.17) is 14.7 Å². The lowest BCUT2D eigenvalue weighted by atomic mass is 9.88. The van der Waals surface area contributed by atoms with Crippen molar-refractivity contribution in [2.45, 2.75) is 52.0 Å². The Balaban J connectivity index is 1.04. The van der Waals surface area contributed by atoms with E-state index in [0.29, 0.717) is 46.8 Å². The number of halogens is 2. The maximum absolute atomic E-state index is 14.4. The van der Waals surface area contributed by atoms with E-state index in [9.17, 15) is 13.6 Å². The second kappa shape index (κ2) is 15.6. The molecule has 5 aromatic rings. The molecule has 55 heavy (non-hydrogen) atoms. The molecular formula is C43H46F2N8O2. The predicted octanol–water partition coefficient (Wildman–Crippen LogP) is 8.51. The van der Waals surface area contributed by atoms with Gasteiger partial charge in [0.1, 0.15) is 28.7 Å². The molecule has 2 saturated heterocycles. The van der Waals surface area contributed by atoms with Gasteiger partial charge in [0, 0.05) is 48.9 Å². The molecule has 2 aromatic carbocycles. The summed E-state index contributed by atoms with van der Waals surface area (Å²) >= 11 is 0. The molecule has 1 amide bonds.